The fourth-order valence-corrected chi connectivity index (χ4v) is 1.88. The number of aromatic nitrogens is 2. The van der Waals surface area contributed by atoms with Gasteiger partial charge in [-0.2, -0.15) is 5.10 Å². The molecule has 0 bridgehead atoms. The van der Waals surface area contributed by atoms with Crippen LogP contribution in [0.3, 0.4) is 0 Å². The van der Waals surface area contributed by atoms with Crippen LogP contribution < -0.4 is 4.74 Å². The largest absolute Gasteiger partial charge is 0.494 e. The number of carbonyl (C=O) groups is 1. The third kappa shape index (κ3) is 2.29. The van der Waals surface area contributed by atoms with Gasteiger partial charge in [0, 0.05) is 12.6 Å². The second-order valence-corrected chi connectivity index (χ2v) is 4.15. The standard InChI is InChI=1S/C13H13FN2O3/c1-7-4-8(5-11(19-3)12(7)14)10-6-9(13(17)18)15-16(10)2/h4-6H,1-3H3,(H,17,18). The van der Waals surface area contributed by atoms with E-state index in [2.05, 4.69) is 5.10 Å². The molecule has 1 aromatic carbocycles. The molecule has 0 fully saturated rings. The first-order valence-electron chi connectivity index (χ1n) is 5.56. The van der Waals surface area contributed by atoms with E-state index < -0.39 is 11.8 Å². The van der Waals surface area contributed by atoms with Crippen LogP contribution in [-0.2, 0) is 7.05 Å². The highest BCUT2D eigenvalue weighted by atomic mass is 19.1. The normalized spacial score (nSPS) is 10.5. The topological polar surface area (TPSA) is 64.3 Å². The van der Waals surface area contributed by atoms with Crippen LogP contribution in [0.1, 0.15) is 16.1 Å². The lowest BCUT2D eigenvalue weighted by atomic mass is 10.1. The molecule has 5 nitrogen and oxygen atoms in total. The van der Waals surface area contributed by atoms with Crippen LogP contribution >= 0.6 is 0 Å². The third-order valence-corrected chi connectivity index (χ3v) is 2.84. The van der Waals surface area contributed by atoms with Gasteiger partial charge in [-0.3, -0.25) is 4.68 Å². The van der Waals surface area contributed by atoms with Crippen LogP contribution in [-0.4, -0.2) is 28.0 Å². The lowest BCUT2D eigenvalue weighted by Crippen LogP contribution is -1.99. The Morgan fingerprint density at radius 2 is 2.11 bits per heavy atom. The number of nitrogens with zero attached hydrogens (tertiary/aromatic N) is 2. The molecule has 0 amide bonds. The van der Waals surface area contributed by atoms with Crippen molar-refractivity contribution in [2.45, 2.75) is 6.92 Å². The average Bonchev–Trinajstić information content (AvgIpc) is 2.75. The fraction of sp³-hybridized carbons (Fsp3) is 0.231. The van der Waals surface area contributed by atoms with Gasteiger partial charge in [-0.05, 0) is 30.7 Å². The minimum Gasteiger partial charge on any atom is -0.494 e. The van der Waals surface area contributed by atoms with Gasteiger partial charge in [0.1, 0.15) is 0 Å². The second-order valence-electron chi connectivity index (χ2n) is 4.15. The summed E-state index contributed by atoms with van der Waals surface area (Å²) in [4.78, 5) is 10.9. The zero-order valence-electron chi connectivity index (χ0n) is 10.8. The van der Waals surface area contributed by atoms with E-state index in [4.69, 9.17) is 9.84 Å². The molecular weight excluding hydrogens is 251 g/mol. The van der Waals surface area contributed by atoms with E-state index >= 15 is 0 Å². The van der Waals surface area contributed by atoms with E-state index in [1.165, 1.54) is 23.9 Å². The Kier molecular flexibility index (Phi) is 3.25. The second kappa shape index (κ2) is 4.72. The first-order chi connectivity index (χ1) is 8.93. The quantitative estimate of drug-likeness (QED) is 0.923. The molecule has 19 heavy (non-hydrogen) atoms. The zero-order chi connectivity index (χ0) is 14.2. The van der Waals surface area contributed by atoms with Crippen molar-refractivity contribution in [2.24, 2.45) is 7.05 Å². The van der Waals surface area contributed by atoms with E-state index in [1.807, 2.05) is 0 Å². The summed E-state index contributed by atoms with van der Waals surface area (Å²) in [7, 11) is 3.01. The molecule has 0 unspecified atom stereocenters. The Morgan fingerprint density at radius 1 is 1.42 bits per heavy atom. The molecular formula is C13H13FN2O3. The maximum atomic E-state index is 13.7. The van der Waals surface area contributed by atoms with Gasteiger partial charge in [-0.25, -0.2) is 9.18 Å². The van der Waals surface area contributed by atoms with Crippen molar-refractivity contribution >= 4 is 5.97 Å². The van der Waals surface area contributed by atoms with Crippen LogP contribution in [0.25, 0.3) is 11.3 Å². The predicted octanol–water partition coefficient (Wildman–Crippen LogP) is 2.24. The van der Waals surface area contributed by atoms with Crippen molar-refractivity contribution < 1.29 is 19.0 Å². The molecule has 1 N–H and O–H groups in total. The van der Waals surface area contributed by atoms with Crippen molar-refractivity contribution in [1.29, 1.82) is 0 Å². The maximum Gasteiger partial charge on any atom is 0.356 e. The van der Waals surface area contributed by atoms with E-state index in [1.54, 1.807) is 20.0 Å². The number of aryl methyl sites for hydroxylation is 2. The minimum atomic E-state index is -1.10. The lowest BCUT2D eigenvalue weighted by Gasteiger charge is -2.08. The Hall–Kier alpha value is -2.37. The van der Waals surface area contributed by atoms with Gasteiger partial charge in [0.2, 0.25) is 0 Å². The van der Waals surface area contributed by atoms with Gasteiger partial charge in [-0.1, -0.05) is 0 Å². The summed E-state index contributed by atoms with van der Waals surface area (Å²) >= 11 is 0. The highest BCUT2D eigenvalue weighted by molar-refractivity contribution is 5.87. The van der Waals surface area contributed by atoms with Crippen molar-refractivity contribution in [2.75, 3.05) is 7.11 Å². The fourth-order valence-electron chi connectivity index (χ4n) is 1.88. The van der Waals surface area contributed by atoms with Crippen molar-refractivity contribution in [3.05, 3.63) is 35.3 Å². The Balaban J connectivity index is 2.59. The van der Waals surface area contributed by atoms with Crippen LogP contribution in [0.15, 0.2) is 18.2 Å². The lowest BCUT2D eigenvalue weighted by molar-refractivity contribution is 0.0689. The predicted molar refractivity (Wildman–Crippen MR) is 66.9 cm³/mol. The van der Waals surface area contributed by atoms with Crippen LogP contribution in [0.2, 0.25) is 0 Å². The number of benzene rings is 1. The van der Waals surface area contributed by atoms with Crippen LogP contribution in [0.4, 0.5) is 4.39 Å². The summed E-state index contributed by atoms with van der Waals surface area (Å²) in [6.07, 6.45) is 0. The number of halogens is 1. The summed E-state index contributed by atoms with van der Waals surface area (Å²) in [5, 5.41) is 12.8. The Labute approximate surface area is 109 Å². The van der Waals surface area contributed by atoms with Crippen molar-refractivity contribution in [3.8, 4) is 17.0 Å². The number of hydrogen-bond donors (Lipinski definition) is 1. The summed E-state index contributed by atoms with van der Waals surface area (Å²) in [6.45, 7) is 1.62. The van der Waals surface area contributed by atoms with E-state index in [0.717, 1.165) is 0 Å². The van der Waals surface area contributed by atoms with Crippen molar-refractivity contribution in [1.82, 2.24) is 9.78 Å². The van der Waals surface area contributed by atoms with E-state index in [0.29, 0.717) is 16.8 Å². The highest BCUT2D eigenvalue weighted by Gasteiger charge is 2.15. The molecule has 0 saturated heterocycles. The van der Waals surface area contributed by atoms with E-state index in [9.17, 15) is 9.18 Å². The summed E-state index contributed by atoms with van der Waals surface area (Å²) < 4.78 is 20.1. The third-order valence-electron chi connectivity index (χ3n) is 2.84. The smallest absolute Gasteiger partial charge is 0.356 e. The molecule has 0 atom stereocenters. The van der Waals surface area contributed by atoms with Crippen LogP contribution in [0, 0.1) is 12.7 Å². The molecule has 0 saturated carbocycles. The number of rotatable bonds is 3. The number of ether oxygens (including phenoxy) is 1. The molecule has 0 aliphatic heterocycles. The molecule has 0 aliphatic rings. The number of carboxylic acids is 1. The minimum absolute atomic E-state index is 0.0570. The SMILES string of the molecule is COc1cc(-c2cc(C(=O)O)nn2C)cc(C)c1F. The molecule has 100 valence electrons. The first-order valence-corrected chi connectivity index (χ1v) is 5.56. The first kappa shape index (κ1) is 13.1. The monoisotopic (exact) mass is 264 g/mol. The summed E-state index contributed by atoms with van der Waals surface area (Å²) in [6, 6.07) is 4.58. The van der Waals surface area contributed by atoms with Crippen LogP contribution in [0.5, 0.6) is 5.75 Å². The molecule has 1 heterocycles. The van der Waals surface area contributed by atoms with Gasteiger partial charge < -0.3 is 9.84 Å². The van der Waals surface area contributed by atoms with Gasteiger partial charge in [-0.15, -0.1) is 0 Å². The molecule has 1 aromatic heterocycles. The Bertz CT molecular complexity index is 650. The molecule has 2 aromatic rings. The van der Waals surface area contributed by atoms with Gasteiger partial charge in [0.05, 0.1) is 12.8 Å². The van der Waals surface area contributed by atoms with Crippen molar-refractivity contribution in [3.63, 3.8) is 0 Å². The summed E-state index contributed by atoms with van der Waals surface area (Å²) in [5.74, 6) is -1.41. The number of hydrogen-bond acceptors (Lipinski definition) is 3. The van der Waals surface area contributed by atoms with Gasteiger partial charge in [0.15, 0.2) is 17.3 Å². The van der Waals surface area contributed by atoms with Gasteiger partial charge in [0.25, 0.3) is 0 Å². The van der Waals surface area contributed by atoms with E-state index in [-0.39, 0.29) is 11.4 Å². The molecule has 2 rings (SSSR count). The average molecular weight is 264 g/mol. The number of methoxy groups -OCH3 is 1. The maximum absolute atomic E-state index is 13.7. The highest BCUT2D eigenvalue weighted by Crippen LogP contribution is 2.29. The number of carboxylic acid groups (broad SMARTS) is 1. The summed E-state index contributed by atoms with van der Waals surface area (Å²) in [5.41, 5.74) is 1.60. The molecule has 6 heteroatoms. The molecule has 0 aliphatic carbocycles. The molecule has 0 radical (unpaired) electrons. The zero-order valence-corrected chi connectivity index (χ0v) is 10.8. The molecule has 0 spiro atoms. The number of aromatic carboxylic acids is 1. The van der Waals surface area contributed by atoms with Gasteiger partial charge >= 0.3 is 5.97 Å². The Morgan fingerprint density at radius 3 is 2.63 bits per heavy atom.